The number of hydrogen-bond acceptors (Lipinski definition) is 2. The van der Waals surface area contributed by atoms with Crippen LogP contribution in [0.5, 0.6) is 0 Å². The van der Waals surface area contributed by atoms with E-state index in [2.05, 4.69) is 23.2 Å². The van der Waals surface area contributed by atoms with Gasteiger partial charge < -0.3 is 0 Å². The van der Waals surface area contributed by atoms with Crippen molar-refractivity contribution in [2.75, 3.05) is 0 Å². The van der Waals surface area contributed by atoms with Gasteiger partial charge in [0.15, 0.2) is 10.3 Å². The van der Waals surface area contributed by atoms with Gasteiger partial charge in [0.1, 0.15) is 0 Å². The minimum absolute atomic E-state index is 0.509. The highest BCUT2D eigenvalue weighted by Gasteiger charge is 2.66. The molecule has 0 aliphatic heterocycles. The molecule has 0 aromatic rings. The average molecular weight is 377 g/mol. The van der Waals surface area contributed by atoms with Crippen LogP contribution >= 0.6 is 44.0 Å². The molecule has 0 amide bonds. The molecular formula is C2Cl2F10N2S2. The summed E-state index contributed by atoms with van der Waals surface area (Å²) in [7, 11) is -21.2. The predicted octanol–water partition coefficient (Wildman–Crippen LogP) is 6.69. The van der Waals surface area contributed by atoms with Gasteiger partial charge in [-0.2, -0.15) is 0 Å². The molecule has 0 rings (SSSR count). The van der Waals surface area contributed by atoms with Crippen LogP contribution in [-0.4, -0.2) is 10.3 Å². The Hall–Kier alpha value is -0.0800. The van der Waals surface area contributed by atoms with Crippen LogP contribution in [-0.2, 0) is 0 Å². The van der Waals surface area contributed by atoms with Crippen molar-refractivity contribution in [2.24, 2.45) is 8.80 Å². The van der Waals surface area contributed by atoms with E-state index < -0.39 is 31.2 Å². The molecule has 0 heterocycles. The van der Waals surface area contributed by atoms with E-state index in [1.54, 1.807) is 0 Å². The summed E-state index contributed by atoms with van der Waals surface area (Å²) in [6, 6.07) is 0. The lowest BCUT2D eigenvalue weighted by Gasteiger charge is -2.36. The van der Waals surface area contributed by atoms with Crippen LogP contribution in [0.2, 0.25) is 0 Å². The van der Waals surface area contributed by atoms with Gasteiger partial charge in [-0.15, -0.1) is 8.80 Å². The molecule has 0 bridgehead atoms. The Bertz CT molecular complexity index is 394. The molecule has 0 aromatic heterocycles. The molecule has 0 saturated heterocycles. The van der Waals surface area contributed by atoms with Crippen molar-refractivity contribution in [2.45, 2.75) is 0 Å². The molecule has 0 aliphatic carbocycles. The first-order valence-corrected chi connectivity index (χ1v) is 7.56. The van der Waals surface area contributed by atoms with Gasteiger partial charge in [0, 0.05) is 0 Å². The Balaban J connectivity index is 5.80. The van der Waals surface area contributed by atoms with Crippen LogP contribution in [0.4, 0.5) is 38.9 Å². The van der Waals surface area contributed by atoms with Gasteiger partial charge in [-0.05, 0) is 0 Å². The van der Waals surface area contributed by atoms with Crippen molar-refractivity contribution in [1.82, 2.24) is 0 Å². The summed E-state index contributed by atoms with van der Waals surface area (Å²) in [5.41, 5.74) is 0. The third-order valence-corrected chi connectivity index (χ3v) is 2.55. The predicted molar refractivity (Wildman–Crippen MR) is 52.8 cm³/mol. The molecule has 0 fully saturated rings. The van der Waals surface area contributed by atoms with Crippen molar-refractivity contribution in [3.8, 4) is 0 Å². The van der Waals surface area contributed by atoms with Crippen molar-refractivity contribution < 1.29 is 38.9 Å². The van der Waals surface area contributed by atoms with E-state index >= 15 is 0 Å². The molecule has 0 aliphatic rings. The monoisotopic (exact) mass is 376 g/mol. The molecular weight excluding hydrogens is 377 g/mol. The maximum Gasteiger partial charge on any atom is 0.383 e. The standard InChI is InChI=1S/C2Cl2F10N2S2/c3-1(15-17(5,6,7,8)9)2(4)16-18(10,11,12,13)14. The van der Waals surface area contributed by atoms with Gasteiger partial charge in [-0.1, -0.05) is 62.1 Å². The first kappa shape index (κ1) is 17.9. The maximum absolute atomic E-state index is 11.6. The van der Waals surface area contributed by atoms with Gasteiger partial charge >= 0.3 is 20.8 Å². The normalized spacial score (nSPS) is 23.8. The fraction of sp³-hybridized carbons (Fsp3) is 0. The topological polar surface area (TPSA) is 24.7 Å². The lowest BCUT2D eigenvalue weighted by molar-refractivity contribution is 0.363. The van der Waals surface area contributed by atoms with Crippen LogP contribution in [0.1, 0.15) is 0 Å². The largest absolute Gasteiger partial charge is 0.383 e. The number of halogens is 12. The Labute approximate surface area is 102 Å². The second kappa shape index (κ2) is 2.98. The smallest absolute Gasteiger partial charge is 0.113 e. The van der Waals surface area contributed by atoms with E-state index in [0.29, 0.717) is 8.80 Å². The molecule has 0 atom stereocenters. The summed E-state index contributed by atoms with van der Waals surface area (Å²) in [6.45, 7) is 0. The quantitative estimate of drug-likeness (QED) is 0.387. The van der Waals surface area contributed by atoms with Crippen LogP contribution in [0, 0.1) is 0 Å². The van der Waals surface area contributed by atoms with E-state index in [0.717, 1.165) is 0 Å². The third-order valence-electron chi connectivity index (χ3n) is 0.676. The van der Waals surface area contributed by atoms with E-state index in [1.807, 2.05) is 0 Å². The van der Waals surface area contributed by atoms with Crippen LogP contribution in [0.3, 0.4) is 0 Å². The highest BCUT2D eigenvalue weighted by atomic mass is 35.5. The minimum Gasteiger partial charge on any atom is -0.113 e. The summed E-state index contributed by atoms with van der Waals surface area (Å²) in [4.78, 5) is 0. The zero-order valence-electron chi connectivity index (χ0n) is 7.25. The highest BCUT2D eigenvalue weighted by Crippen LogP contribution is 3.00. The summed E-state index contributed by atoms with van der Waals surface area (Å²) < 4.78 is 117. The van der Waals surface area contributed by atoms with Gasteiger partial charge in [-0.3, -0.25) is 0 Å². The van der Waals surface area contributed by atoms with Crippen molar-refractivity contribution in [3.05, 3.63) is 0 Å². The Kier molecular flexibility index (Phi) is 2.97. The molecule has 0 unspecified atom stereocenters. The van der Waals surface area contributed by atoms with Crippen LogP contribution in [0.25, 0.3) is 0 Å². The molecule has 16 heteroatoms. The van der Waals surface area contributed by atoms with Gasteiger partial charge in [0.05, 0.1) is 0 Å². The highest BCUT2D eigenvalue weighted by molar-refractivity contribution is 8.45. The van der Waals surface area contributed by atoms with Gasteiger partial charge in [-0.25, -0.2) is 0 Å². The SMILES string of the molecule is FS(F)(F)(F)(F)N=C(Cl)C(Cl)=NS(F)(F)(F)(F)F. The molecule has 0 N–H and O–H groups in total. The molecule has 0 radical (unpaired) electrons. The lowest BCUT2D eigenvalue weighted by atomic mass is 10.8. The van der Waals surface area contributed by atoms with Gasteiger partial charge in [0.2, 0.25) is 0 Å². The summed E-state index contributed by atoms with van der Waals surface area (Å²) >= 11 is 8.46. The minimum atomic E-state index is -10.6. The maximum atomic E-state index is 11.6. The number of nitrogens with zero attached hydrogens (tertiary/aromatic N) is 2. The van der Waals surface area contributed by atoms with Crippen LogP contribution in [0.15, 0.2) is 8.80 Å². The van der Waals surface area contributed by atoms with Crippen molar-refractivity contribution in [1.29, 1.82) is 0 Å². The first-order chi connectivity index (χ1) is 6.96. The molecule has 0 saturated carbocycles. The van der Waals surface area contributed by atoms with Crippen molar-refractivity contribution in [3.63, 3.8) is 0 Å². The summed E-state index contributed by atoms with van der Waals surface area (Å²) in [6.07, 6.45) is 0. The van der Waals surface area contributed by atoms with E-state index in [4.69, 9.17) is 0 Å². The third kappa shape index (κ3) is 11.0. The second-order valence-corrected chi connectivity index (χ2v) is 7.41. The number of hydrogen-bond donors (Lipinski definition) is 0. The molecule has 2 nitrogen and oxygen atoms in total. The molecule has 114 valence electrons. The molecule has 18 heavy (non-hydrogen) atoms. The average Bonchev–Trinajstić information content (AvgIpc) is 1.70. The Morgan fingerprint density at radius 1 is 0.556 bits per heavy atom. The van der Waals surface area contributed by atoms with Gasteiger partial charge in [0.25, 0.3) is 0 Å². The lowest BCUT2D eigenvalue weighted by Crippen LogP contribution is -2.11. The van der Waals surface area contributed by atoms with Crippen LogP contribution < -0.4 is 0 Å². The van der Waals surface area contributed by atoms with Crippen molar-refractivity contribution >= 4 is 54.4 Å². The fourth-order valence-electron chi connectivity index (χ4n) is 0.378. The van der Waals surface area contributed by atoms with E-state index in [1.165, 1.54) is 0 Å². The summed E-state index contributed by atoms with van der Waals surface area (Å²) in [5, 5.41) is -5.52. The second-order valence-electron chi connectivity index (χ2n) is 2.62. The first-order valence-electron chi connectivity index (χ1n) is 2.98. The molecule has 0 spiro atoms. The van der Waals surface area contributed by atoms with E-state index in [-0.39, 0.29) is 0 Å². The molecule has 0 aromatic carbocycles. The van der Waals surface area contributed by atoms with E-state index in [9.17, 15) is 38.9 Å². The Morgan fingerprint density at radius 2 is 0.722 bits per heavy atom. The summed E-state index contributed by atoms with van der Waals surface area (Å²) in [5.74, 6) is 0. The zero-order chi connectivity index (χ0) is 15.4. The Morgan fingerprint density at radius 3 is 0.833 bits per heavy atom. The fourth-order valence-corrected chi connectivity index (χ4v) is 2.12. The number of rotatable bonds is 3. The zero-order valence-corrected chi connectivity index (χ0v) is 10.4.